The third-order valence-corrected chi connectivity index (χ3v) is 5.29. The molecule has 3 rings (SSSR count). The maximum Gasteiger partial charge on any atom is 0.233 e. The van der Waals surface area contributed by atoms with Crippen molar-refractivity contribution in [2.24, 2.45) is 0 Å². The molecule has 1 amide bonds. The minimum absolute atomic E-state index is 0. The van der Waals surface area contributed by atoms with E-state index >= 15 is 0 Å². The van der Waals surface area contributed by atoms with E-state index in [2.05, 4.69) is 34.9 Å². The number of halogens is 1. The molecule has 3 nitrogen and oxygen atoms in total. The molecule has 0 aromatic heterocycles. The normalized spacial score (nSPS) is 24.6. The summed E-state index contributed by atoms with van der Waals surface area (Å²) in [4.78, 5) is 12.0. The van der Waals surface area contributed by atoms with E-state index in [0.29, 0.717) is 6.54 Å². The van der Waals surface area contributed by atoms with Crippen molar-refractivity contribution in [3.05, 3.63) is 35.4 Å². The minimum Gasteiger partial charge on any atom is -0.353 e. The fourth-order valence-corrected chi connectivity index (χ4v) is 4.06. The van der Waals surface area contributed by atoms with Crippen LogP contribution in [0.5, 0.6) is 0 Å². The number of nitrogens with one attached hydrogen (secondary N) is 2. The number of carbonyl (C=O) groups is 1. The molecule has 2 aliphatic rings. The SMILES string of the molecule is Cl.O=C(NCC1NCCc2ccccc21)C1CCCS1. The first-order valence-corrected chi connectivity index (χ1v) is 8.10. The molecule has 1 saturated heterocycles. The van der Waals surface area contributed by atoms with Gasteiger partial charge in [-0.2, -0.15) is 0 Å². The van der Waals surface area contributed by atoms with Crippen LogP contribution < -0.4 is 10.6 Å². The number of benzene rings is 1. The van der Waals surface area contributed by atoms with Gasteiger partial charge in [0.15, 0.2) is 0 Å². The molecule has 2 atom stereocenters. The van der Waals surface area contributed by atoms with E-state index in [1.165, 1.54) is 17.5 Å². The molecule has 0 radical (unpaired) electrons. The molecule has 0 aliphatic carbocycles. The molecular formula is C15H21ClN2OS. The lowest BCUT2D eigenvalue weighted by Gasteiger charge is -2.27. The smallest absolute Gasteiger partial charge is 0.233 e. The van der Waals surface area contributed by atoms with E-state index in [1.807, 2.05) is 0 Å². The molecule has 110 valence electrons. The molecule has 0 saturated carbocycles. The average molecular weight is 313 g/mol. The number of fused-ring (bicyclic) bond motifs is 1. The van der Waals surface area contributed by atoms with Crippen LogP contribution in [0.2, 0.25) is 0 Å². The van der Waals surface area contributed by atoms with Gasteiger partial charge in [-0.05, 0) is 42.7 Å². The zero-order valence-corrected chi connectivity index (χ0v) is 13.1. The van der Waals surface area contributed by atoms with Crippen molar-refractivity contribution in [2.45, 2.75) is 30.6 Å². The van der Waals surface area contributed by atoms with Gasteiger partial charge in [-0.15, -0.1) is 24.2 Å². The first-order valence-electron chi connectivity index (χ1n) is 7.05. The van der Waals surface area contributed by atoms with Gasteiger partial charge in [-0.25, -0.2) is 0 Å². The lowest BCUT2D eigenvalue weighted by molar-refractivity contribution is -0.120. The zero-order chi connectivity index (χ0) is 13.1. The lowest BCUT2D eigenvalue weighted by atomic mass is 9.94. The predicted octanol–water partition coefficient (Wildman–Crippen LogP) is 2.31. The van der Waals surface area contributed by atoms with Crippen LogP contribution in [0, 0.1) is 0 Å². The van der Waals surface area contributed by atoms with Crippen LogP contribution in [0.4, 0.5) is 0 Å². The third kappa shape index (κ3) is 3.48. The zero-order valence-electron chi connectivity index (χ0n) is 11.4. The Bertz CT molecular complexity index is 463. The molecule has 1 fully saturated rings. The second-order valence-corrected chi connectivity index (χ2v) is 6.51. The Balaban J connectivity index is 0.00000147. The second-order valence-electron chi connectivity index (χ2n) is 5.20. The lowest BCUT2D eigenvalue weighted by Crippen LogP contribution is -2.41. The highest BCUT2D eigenvalue weighted by atomic mass is 35.5. The molecule has 2 aliphatic heterocycles. The quantitative estimate of drug-likeness (QED) is 0.900. The van der Waals surface area contributed by atoms with Gasteiger partial charge in [0.25, 0.3) is 0 Å². The number of amides is 1. The van der Waals surface area contributed by atoms with Crippen molar-refractivity contribution in [2.75, 3.05) is 18.8 Å². The van der Waals surface area contributed by atoms with Crippen LogP contribution in [-0.4, -0.2) is 30.0 Å². The highest BCUT2D eigenvalue weighted by Crippen LogP contribution is 2.26. The van der Waals surface area contributed by atoms with Crippen LogP contribution in [0.3, 0.4) is 0 Å². The maximum atomic E-state index is 12.0. The Morgan fingerprint density at radius 3 is 3.05 bits per heavy atom. The highest BCUT2D eigenvalue weighted by molar-refractivity contribution is 8.00. The molecule has 2 unspecified atom stereocenters. The summed E-state index contributed by atoms with van der Waals surface area (Å²) >= 11 is 1.79. The average Bonchev–Trinajstić information content (AvgIpc) is 2.99. The van der Waals surface area contributed by atoms with Crippen molar-refractivity contribution in [3.8, 4) is 0 Å². The molecular weight excluding hydrogens is 292 g/mol. The monoisotopic (exact) mass is 312 g/mol. The summed E-state index contributed by atoms with van der Waals surface area (Å²) in [5, 5.41) is 6.79. The largest absolute Gasteiger partial charge is 0.353 e. The number of rotatable bonds is 3. The van der Waals surface area contributed by atoms with Crippen LogP contribution in [0.25, 0.3) is 0 Å². The van der Waals surface area contributed by atoms with Gasteiger partial charge in [0.05, 0.1) is 5.25 Å². The molecule has 20 heavy (non-hydrogen) atoms. The summed E-state index contributed by atoms with van der Waals surface area (Å²) in [5.74, 6) is 1.34. The van der Waals surface area contributed by atoms with Crippen molar-refractivity contribution in [1.82, 2.24) is 10.6 Å². The van der Waals surface area contributed by atoms with Gasteiger partial charge < -0.3 is 10.6 Å². The summed E-state index contributed by atoms with van der Waals surface area (Å²) in [7, 11) is 0. The molecule has 1 aromatic rings. The van der Waals surface area contributed by atoms with Crippen LogP contribution in [0.15, 0.2) is 24.3 Å². The Hall–Kier alpha value is -0.710. The molecule has 5 heteroatoms. The molecule has 1 aromatic carbocycles. The molecule has 2 heterocycles. The fourth-order valence-electron chi connectivity index (χ4n) is 2.88. The van der Waals surface area contributed by atoms with Gasteiger partial charge in [-0.3, -0.25) is 4.79 Å². The standard InChI is InChI=1S/C15H20N2OS.ClH/c18-15(14-6-3-9-19-14)17-10-13-12-5-2-1-4-11(12)7-8-16-13;/h1-2,4-5,13-14,16H,3,6-10H2,(H,17,18);1H. The number of thioether (sulfide) groups is 1. The summed E-state index contributed by atoms with van der Waals surface area (Å²) in [6.45, 7) is 1.70. The molecule has 0 bridgehead atoms. The molecule has 2 N–H and O–H groups in total. The van der Waals surface area contributed by atoms with Crippen molar-refractivity contribution in [1.29, 1.82) is 0 Å². The topological polar surface area (TPSA) is 41.1 Å². The third-order valence-electron chi connectivity index (χ3n) is 3.92. The van der Waals surface area contributed by atoms with Crippen molar-refractivity contribution < 1.29 is 4.79 Å². The van der Waals surface area contributed by atoms with E-state index in [1.54, 1.807) is 11.8 Å². The summed E-state index contributed by atoms with van der Waals surface area (Å²) in [5.41, 5.74) is 2.75. The Morgan fingerprint density at radius 1 is 1.40 bits per heavy atom. The van der Waals surface area contributed by atoms with E-state index in [4.69, 9.17) is 0 Å². The van der Waals surface area contributed by atoms with E-state index < -0.39 is 0 Å². The van der Waals surface area contributed by atoms with E-state index in [9.17, 15) is 4.79 Å². The van der Waals surface area contributed by atoms with Gasteiger partial charge in [0, 0.05) is 12.6 Å². The van der Waals surface area contributed by atoms with Crippen LogP contribution in [0.1, 0.15) is 30.0 Å². The van der Waals surface area contributed by atoms with E-state index in [0.717, 1.165) is 25.1 Å². The number of hydrogen-bond acceptors (Lipinski definition) is 3. The van der Waals surface area contributed by atoms with Crippen molar-refractivity contribution >= 4 is 30.1 Å². The fraction of sp³-hybridized carbons (Fsp3) is 0.533. The Labute approximate surface area is 130 Å². The first-order chi connectivity index (χ1) is 9.34. The Kier molecular flexibility index (Phi) is 5.75. The summed E-state index contributed by atoms with van der Waals surface area (Å²) < 4.78 is 0. The van der Waals surface area contributed by atoms with Gasteiger partial charge in [-0.1, -0.05) is 24.3 Å². The maximum absolute atomic E-state index is 12.0. The number of carbonyl (C=O) groups excluding carboxylic acids is 1. The summed E-state index contributed by atoms with van der Waals surface area (Å²) in [6, 6.07) is 8.79. The predicted molar refractivity (Wildman–Crippen MR) is 86.6 cm³/mol. The summed E-state index contributed by atoms with van der Waals surface area (Å²) in [6.07, 6.45) is 3.29. The second kappa shape index (κ2) is 7.34. The van der Waals surface area contributed by atoms with E-state index in [-0.39, 0.29) is 29.6 Å². The van der Waals surface area contributed by atoms with Gasteiger partial charge in [0.2, 0.25) is 5.91 Å². The van der Waals surface area contributed by atoms with Gasteiger partial charge in [0.1, 0.15) is 0 Å². The first kappa shape index (κ1) is 15.7. The van der Waals surface area contributed by atoms with Crippen molar-refractivity contribution in [3.63, 3.8) is 0 Å². The Morgan fingerprint density at radius 2 is 2.25 bits per heavy atom. The minimum atomic E-state index is 0. The van der Waals surface area contributed by atoms with Gasteiger partial charge >= 0.3 is 0 Å². The molecule has 0 spiro atoms. The van der Waals surface area contributed by atoms with Crippen LogP contribution >= 0.6 is 24.2 Å². The number of hydrogen-bond donors (Lipinski definition) is 2. The van der Waals surface area contributed by atoms with Crippen LogP contribution in [-0.2, 0) is 11.2 Å². The highest BCUT2D eigenvalue weighted by Gasteiger charge is 2.25.